The standard InChI is InChI=1S/C18H24N5O13P/c19-8-1-3-22(16(29)20-8)14-11(27)10(26)7(34-14)5-18(6-24)13(36-37(31,32)33)12(28)15(35-18)23-4-2-9(25)21-17(23)30/h1-4,7,10-15,24,26-28H,5-6H2,(H2,19,20,29)(H,21,25,30)(H2,31,32,33)/p-1. The average molecular weight is 548 g/mol. The highest BCUT2D eigenvalue weighted by Gasteiger charge is 2.60. The number of aliphatic hydroxyl groups is 4. The fourth-order valence-electron chi connectivity index (χ4n) is 4.43. The van der Waals surface area contributed by atoms with Crippen molar-refractivity contribution in [3.63, 3.8) is 0 Å². The second-order valence-corrected chi connectivity index (χ2v) is 9.67. The SMILES string of the molecule is Nc1ccn(C2OC(CC3(CO)OC(n4ccc(=O)[nH]c4=O)C(O)C3OP(=O)([O-])O)C(O)C2O)c(=O)n1. The summed E-state index contributed by atoms with van der Waals surface area (Å²) in [5.41, 5.74) is 0.396. The minimum Gasteiger partial charge on any atom is -0.756 e. The zero-order chi connectivity index (χ0) is 27.3. The van der Waals surface area contributed by atoms with E-state index in [1.54, 1.807) is 0 Å². The van der Waals surface area contributed by atoms with Gasteiger partial charge in [-0.25, -0.2) is 9.59 Å². The van der Waals surface area contributed by atoms with Gasteiger partial charge in [0.05, 0.1) is 12.7 Å². The third-order valence-electron chi connectivity index (χ3n) is 6.13. The smallest absolute Gasteiger partial charge is 0.351 e. The number of hydrogen-bond acceptors (Lipinski definition) is 14. The van der Waals surface area contributed by atoms with Crippen LogP contribution in [0.3, 0.4) is 0 Å². The summed E-state index contributed by atoms with van der Waals surface area (Å²) in [6, 6.07) is 2.13. The molecule has 204 valence electrons. The number of aliphatic hydroxyl groups excluding tert-OH is 4. The van der Waals surface area contributed by atoms with Crippen LogP contribution in [0.1, 0.15) is 18.9 Å². The van der Waals surface area contributed by atoms with Gasteiger partial charge in [-0.1, -0.05) is 0 Å². The summed E-state index contributed by atoms with van der Waals surface area (Å²) in [5.74, 6) is -0.118. The van der Waals surface area contributed by atoms with Crippen LogP contribution >= 0.6 is 7.82 Å². The third kappa shape index (κ3) is 5.16. The highest BCUT2D eigenvalue weighted by Crippen LogP contribution is 2.48. The van der Waals surface area contributed by atoms with E-state index in [1.165, 1.54) is 6.07 Å². The Morgan fingerprint density at radius 3 is 2.41 bits per heavy atom. The van der Waals surface area contributed by atoms with Gasteiger partial charge in [0.25, 0.3) is 13.4 Å². The number of hydrogen-bond donors (Lipinski definition) is 7. The van der Waals surface area contributed by atoms with E-state index in [-0.39, 0.29) is 5.82 Å². The molecule has 0 aromatic carbocycles. The van der Waals surface area contributed by atoms with Crippen molar-refractivity contribution in [2.75, 3.05) is 12.3 Å². The number of ether oxygens (including phenoxy) is 2. The van der Waals surface area contributed by atoms with E-state index in [4.69, 9.17) is 15.2 Å². The molecule has 4 heterocycles. The molecule has 2 aromatic rings. The highest BCUT2D eigenvalue weighted by molar-refractivity contribution is 7.44. The van der Waals surface area contributed by atoms with Crippen molar-refractivity contribution >= 4 is 13.6 Å². The molecule has 4 rings (SSSR count). The first kappa shape index (κ1) is 27.3. The number of nitrogens with one attached hydrogen (secondary N) is 1. The zero-order valence-electron chi connectivity index (χ0n) is 18.6. The molecule has 19 heteroatoms. The molecule has 0 bridgehead atoms. The van der Waals surface area contributed by atoms with Crippen LogP contribution in [-0.2, 0) is 18.6 Å². The lowest BCUT2D eigenvalue weighted by Gasteiger charge is -2.36. The van der Waals surface area contributed by atoms with Crippen molar-refractivity contribution in [3.05, 3.63) is 55.8 Å². The molecule has 2 fully saturated rings. The van der Waals surface area contributed by atoms with Crippen LogP contribution < -0.4 is 27.6 Å². The zero-order valence-corrected chi connectivity index (χ0v) is 19.5. The predicted octanol–water partition coefficient (Wildman–Crippen LogP) is -5.15. The van der Waals surface area contributed by atoms with E-state index < -0.39 is 86.4 Å². The minimum atomic E-state index is -5.59. The lowest BCUT2D eigenvalue weighted by Crippen LogP contribution is -2.51. The van der Waals surface area contributed by atoms with Gasteiger partial charge in [-0.15, -0.1) is 0 Å². The van der Waals surface area contributed by atoms with E-state index in [9.17, 15) is 49.2 Å². The van der Waals surface area contributed by atoms with Crippen LogP contribution in [0.15, 0.2) is 38.9 Å². The van der Waals surface area contributed by atoms with Gasteiger partial charge >= 0.3 is 11.4 Å². The number of phosphoric acid groups is 1. The fourth-order valence-corrected chi connectivity index (χ4v) is 5.04. The Morgan fingerprint density at radius 2 is 1.81 bits per heavy atom. The summed E-state index contributed by atoms with van der Waals surface area (Å²) < 4.78 is 29.0. The van der Waals surface area contributed by atoms with E-state index in [0.717, 1.165) is 23.0 Å². The summed E-state index contributed by atoms with van der Waals surface area (Å²) in [7, 11) is -5.59. The third-order valence-corrected chi connectivity index (χ3v) is 6.62. The minimum absolute atomic E-state index is 0.118. The van der Waals surface area contributed by atoms with Crippen LogP contribution in [-0.4, -0.2) is 87.1 Å². The molecule has 9 atom stereocenters. The van der Waals surface area contributed by atoms with Gasteiger partial charge in [-0.2, -0.15) is 4.98 Å². The quantitative estimate of drug-likeness (QED) is 0.159. The maximum Gasteiger partial charge on any atom is 0.351 e. The first-order chi connectivity index (χ1) is 17.3. The fraction of sp³-hybridized carbons (Fsp3) is 0.556. The first-order valence-corrected chi connectivity index (χ1v) is 12.1. The molecule has 2 saturated heterocycles. The maximum absolute atomic E-state index is 12.3. The molecule has 0 radical (unpaired) electrons. The van der Waals surface area contributed by atoms with Gasteiger partial charge in [-0.05, 0) is 6.07 Å². The van der Waals surface area contributed by atoms with Gasteiger partial charge in [0.2, 0.25) is 0 Å². The van der Waals surface area contributed by atoms with Gasteiger partial charge in [0, 0.05) is 24.9 Å². The number of rotatable bonds is 7. The molecule has 2 aliphatic heterocycles. The molecule has 18 nitrogen and oxygen atoms in total. The van der Waals surface area contributed by atoms with Crippen molar-refractivity contribution in [2.45, 2.75) is 55.0 Å². The van der Waals surface area contributed by atoms with Crippen LogP contribution in [0.25, 0.3) is 0 Å². The number of anilines is 1. The molecular weight excluding hydrogens is 525 g/mol. The van der Waals surface area contributed by atoms with Crippen molar-refractivity contribution in [3.8, 4) is 0 Å². The van der Waals surface area contributed by atoms with Crippen LogP contribution in [0.2, 0.25) is 0 Å². The number of H-pyrrole nitrogens is 1. The van der Waals surface area contributed by atoms with Gasteiger partial charge in [0.1, 0.15) is 35.8 Å². The lowest BCUT2D eigenvalue weighted by molar-refractivity contribution is -0.234. The average Bonchev–Trinajstić information content (AvgIpc) is 3.22. The maximum atomic E-state index is 12.3. The number of nitrogen functional groups attached to an aromatic ring is 1. The van der Waals surface area contributed by atoms with E-state index in [2.05, 4.69) is 9.51 Å². The van der Waals surface area contributed by atoms with Crippen molar-refractivity contribution < 1.29 is 48.8 Å². The summed E-state index contributed by atoms with van der Waals surface area (Å²) in [4.78, 5) is 62.1. The Hall–Kier alpha value is -2.77. The molecule has 2 aromatic heterocycles. The Balaban J connectivity index is 1.69. The van der Waals surface area contributed by atoms with E-state index in [0.29, 0.717) is 4.57 Å². The number of aromatic amines is 1. The normalized spacial score (nSPS) is 35.5. The van der Waals surface area contributed by atoms with Crippen LogP contribution in [0.5, 0.6) is 0 Å². The molecule has 0 saturated carbocycles. The monoisotopic (exact) mass is 548 g/mol. The van der Waals surface area contributed by atoms with Crippen LogP contribution in [0.4, 0.5) is 5.82 Å². The Kier molecular flexibility index (Phi) is 7.25. The number of nitrogens with zero attached hydrogens (tertiary/aromatic N) is 3. The summed E-state index contributed by atoms with van der Waals surface area (Å²) in [6.45, 7) is -1.11. The topological polar surface area (TPSA) is 285 Å². The van der Waals surface area contributed by atoms with Crippen molar-refractivity contribution in [1.82, 2.24) is 19.1 Å². The highest BCUT2D eigenvalue weighted by atomic mass is 31.2. The van der Waals surface area contributed by atoms with E-state index in [1.807, 2.05) is 4.98 Å². The van der Waals surface area contributed by atoms with Gasteiger partial charge < -0.3 is 49.9 Å². The second kappa shape index (κ2) is 9.84. The van der Waals surface area contributed by atoms with E-state index >= 15 is 0 Å². The Morgan fingerprint density at radius 1 is 1.14 bits per heavy atom. The van der Waals surface area contributed by atoms with Gasteiger partial charge in [0.15, 0.2) is 12.5 Å². The second-order valence-electron chi connectivity index (χ2n) is 8.53. The predicted molar refractivity (Wildman–Crippen MR) is 115 cm³/mol. The van der Waals surface area contributed by atoms with Crippen molar-refractivity contribution in [1.29, 1.82) is 0 Å². The number of aromatic nitrogens is 4. The summed E-state index contributed by atoms with van der Waals surface area (Å²) in [5, 5.41) is 42.2. The largest absolute Gasteiger partial charge is 0.756 e. The first-order valence-electron chi connectivity index (χ1n) is 10.6. The van der Waals surface area contributed by atoms with Crippen molar-refractivity contribution in [2.24, 2.45) is 0 Å². The molecule has 9 unspecified atom stereocenters. The van der Waals surface area contributed by atoms with Crippen LogP contribution in [0, 0.1) is 0 Å². The molecule has 37 heavy (non-hydrogen) atoms. The molecular formula is C18H23N5O13P-. The lowest BCUT2D eigenvalue weighted by atomic mass is 9.88. The summed E-state index contributed by atoms with van der Waals surface area (Å²) in [6.07, 6.45) is -10.9. The van der Waals surface area contributed by atoms with Gasteiger partial charge in [-0.3, -0.25) is 23.5 Å². The Labute approximate surface area is 205 Å². The number of phosphoric ester groups is 1. The number of nitrogens with two attached hydrogens (primary N) is 1. The molecule has 0 amide bonds. The summed E-state index contributed by atoms with van der Waals surface area (Å²) >= 11 is 0. The Bertz CT molecular complexity index is 1370. The molecule has 2 aliphatic rings. The molecule has 0 spiro atoms. The molecule has 0 aliphatic carbocycles. The molecule has 8 N–H and O–H groups in total.